The lowest BCUT2D eigenvalue weighted by Gasteiger charge is -2.24. The summed E-state index contributed by atoms with van der Waals surface area (Å²) >= 11 is 0. The van der Waals surface area contributed by atoms with Crippen LogP contribution in [0.2, 0.25) is 0 Å². The Morgan fingerprint density at radius 3 is 2.47 bits per heavy atom. The van der Waals surface area contributed by atoms with Gasteiger partial charge >= 0.3 is 0 Å². The monoisotopic (exact) mass is 206 g/mol. The first-order valence-corrected chi connectivity index (χ1v) is 5.92. The van der Waals surface area contributed by atoms with Crippen molar-refractivity contribution in [3.63, 3.8) is 0 Å². The molecule has 1 heterocycles. The van der Waals surface area contributed by atoms with Gasteiger partial charge in [0, 0.05) is 18.4 Å². The van der Waals surface area contributed by atoms with Crippen LogP contribution in [-0.4, -0.2) is 17.6 Å². The summed E-state index contributed by atoms with van der Waals surface area (Å²) in [6.45, 7) is 7.74. The molecule has 0 radical (unpaired) electrons. The van der Waals surface area contributed by atoms with E-state index >= 15 is 0 Å². The Morgan fingerprint density at radius 1 is 1.27 bits per heavy atom. The molecule has 0 saturated carbocycles. The van der Waals surface area contributed by atoms with Crippen LogP contribution in [-0.2, 0) is 0 Å². The van der Waals surface area contributed by atoms with Crippen molar-refractivity contribution in [2.75, 3.05) is 6.54 Å². The molecule has 1 aromatic rings. The average Bonchev–Trinajstić information content (AvgIpc) is 2.29. The summed E-state index contributed by atoms with van der Waals surface area (Å²) in [6, 6.07) is 4.82. The van der Waals surface area contributed by atoms with Crippen molar-refractivity contribution in [1.82, 2.24) is 10.3 Å². The van der Waals surface area contributed by atoms with Gasteiger partial charge in [0.15, 0.2) is 0 Å². The maximum Gasteiger partial charge on any atom is 0.0270 e. The Balaban J connectivity index is 2.67. The summed E-state index contributed by atoms with van der Waals surface area (Å²) in [5.41, 5.74) is 1.38. The van der Waals surface area contributed by atoms with E-state index in [-0.39, 0.29) is 0 Å². The Morgan fingerprint density at radius 2 is 1.93 bits per heavy atom. The van der Waals surface area contributed by atoms with Crippen molar-refractivity contribution in [3.8, 4) is 0 Å². The van der Waals surface area contributed by atoms with E-state index in [9.17, 15) is 0 Å². The molecule has 1 N–H and O–H groups in total. The summed E-state index contributed by atoms with van der Waals surface area (Å²) in [4.78, 5) is 4.06. The summed E-state index contributed by atoms with van der Waals surface area (Å²) in [6.07, 6.45) is 6.21. The van der Waals surface area contributed by atoms with Crippen LogP contribution in [0, 0.1) is 0 Å². The molecule has 0 aliphatic heterocycles. The molecule has 0 saturated heterocycles. The van der Waals surface area contributed by atoms with Crippen LogP contribution in [0.3, 0.4) is 0 Å². The second-order valence-corrected chi connectivity index (χ2v) is 4.02. The first kappa shape index (κ1) is 12.2. The van der Waals surface area contributed by atoms with Crippen molar-refractivity contribution in [1.29, 1.82) is 0 Å². The summed E-state index contributed by atoms with van der Waals surface area (Å²) in [7, 11) is 0. The van der Waals surface area contributed by atoms with Gasteiger partial charge in [0.05, 0.1) is 0 Å². The molecule has 0 spiro atoms. The third-order valence-corrected chi connectivity index (χ3v) is 2.90. The Hall–Kier alpha value is -0.890. The minimum atomic E-state index is 0.563. The molecule has 2 unspecified atom stereocenters. The summed E-state index contributed by atoms with van der Waals surface area (Å²) < 4.78 is 0. The Kier molecular flexibility index (Phi) is 5.33. The fourth-order valence-corrected chi connectivity index (χ4v) is 2.00. The maximum atomic E-state index is 4.06. The number of likely N-dealkylation sites (N-methyl/N-ethyl adjacent to an activating group) is 1. The Labute approximate surface area is 93.1 Å². The van der Waals surface area contributed by atoms with Crippen LogP contribution in [0.4, 0.5) is 0 Å². The molecule has 0 aromatic carbocycles. The molecule has 0 bridgehead atoms. The van der Waals surface area contributed by atoms with Gasteiger partial charge in [-0.05, 0) is 36.6 Å². The van der Waals surface area contributed by atoms with E-state index in [1.807, 2.05) is 12.4 Å². The molecule has 1 rings (SSSR count). The summed E-state index contributed by atoms with van der Waals surface area (Å²) in [5.74, 6) is 0.563. The van der Waals surface area contributed by atoms with Gasteiger partial charge in [0.25, 0.3) is 0 Å². The van der Waals surface area contributed by atoms with Gasteiger partial charge in [-0.25, -0.2) is 0 Å². The molecule has 0 aliphatic carbocycles. The van der Waals surface area contributed by atoms with Crippen molar-refractivity contribution in [3.05, 3.63) is 30.1 Å². The topological polar surface area (TPSA) is 24.9 Å². The first-order valence-electron chi connectivity index (χ1n) is 5.92. The number of aromatic nitrogens is 1. The fraction of sp³-hybridized carbons (Fsp3) is 0.615. The van der Waals surface area contributed by atoms with Gasteiger partial charge in [0.1, 0.15) is 0 Å². The van der Waals surface area contributed by atoms with E-state index in [1.54, 1.807) is 0 Å². The van der Waals surface area contributed by atoms with E-state index in [2.05, 4.69) is 43.2 Å². The largest absolute Gasteiger partial charge is 0.314 e. The molecule has 1 aromatic heterocycles. The van der Waals surface area contributed by atoms with Gasteiger partial charge in [-0.15, -0.1) is 0 Å². The quantitative estimate of drug-likeness (QED) is 0.774. The van der Waals surface area contributed by atoms with Gasteiger partial charge in [-0.3, -0.25) is 4.98 Å². The van der Waals surface area contributed by atoms with Crippen molar-refractivity contribution < 1.29 is 0 Å². The molecule has 2 nitrogen and oxygen atoms in total. The number of hydrogen-bond acceptors (Lipinski definition) is 2. The molecule has 0 fully saturated rings. The highest BCUT2D eigenvalue weighted by Crippen LogP contribution is 2.21. The zero-order chi connectivity index (χ0) is 11.1. The van der Waals surface area contributed by atoms with E-state index in [0.29, 0.717) is 12.0 Å². The van der Waals surface area contributed by atoms with Crippen LogP contribution in [0.1, 0.15) is 45.1 Å². The molecule has 2 heteroatoms. The van der Waals surface area contributed by atoms with Crippen molar-refractivity contribution in [2.24, 2.45) is 0 Å². The minimum absolute atomic E-state index is 0.563. The van der Waals surface area contributed by atoms with Crippen LogP contribution >= 0.6 is 0 Å². The van der Waals surface area contributed by atoms with Gasteiger partial charge in [-0.1, -0.05) is 27.2 Å². The molecule has 0 aliphatic rings. The van der Waals surface area contributed by atoms with E-state index in [1.165, 1.54) is 18.4 Å². The lowest BCUT2D eigenvalue weighted by Crippen LogP contribution is -2.33. The smallest absolute Gasteiger partial charge is 0.0270 e. The van der Waals surface area contributed by atoms with Crippen molar-refractivity contribution >= 4 is 0 Å². The standard InChI is InChI=1S/C13H22N2/c1-4-6-13(15-5-2)11(3)12-7-9-14-10-8-12/h7-11,13,15H,4-6H2,1-3H3. The number of nitrogens with one attached hydrogen (secondary N) is 1. The molecule has 0 amide bonds. The van der Waals surface area contributed by atoms with Gasteiger partial charge in [0.2, 0.25) is 0 Å². The SMILES string of the molecule is CCCC(NCC)C(C)c1ccncc1. The van der Waals surface area contributed by atoms with Crippen LogP contribution in [0.25, 0.3) is 0 Å². The van der Waals surface area contributed by atoms with Gasteiger partial charge < -0.3 is 5.32 Å². The van der Waals surface area contributed by atoms with E-state index in [0.717, 1.165) is 6.54 Å². The zero-order valence-corrected chi connectivity index (χ0v) is 10.0. The highest BCUT2D eigenvalue weighted by molar-refractivity contribution is 5.16. The predicted octanol–water partition coefficient (Wildman–Crippen LogP) is 2.96. The molecular formula is C13H22N2. The molecule has 2 atom stereocenters. The second kappa shape index (κ2) is 6.57. The zero-order valence-electron chi connectivity index (χ0n) is 10.0. The lowest BCUT2D eigenvalue weighted by molar-refractivity contribution is 0.429. The predicted molar refractivity (Wildman–Crippen MR) is 65.0 cm³/mol. The van der Waals surface area contributed by atoms with Crippen LogP contribution < -0.4 is 5.32 Å². The van der Waals surface area contributed by atoms with Crippen molar-refractivity contribution in [2.45, 2.75) is 45.6 Å². The number of rotatable bonds is 6. The van der Waals surface area contributed by atoms with Crippen LogP contribution in [0.15, 0.2) is 24.5 Å². The average molecular weight is 206 g/mol. The molecular weight excluding hydrogens is 184 g/mol. The third kappa shape index (κ3) is 3.63. The lowest BCUT2D eigenvalue weighted by atomic mass is 9.91. The minimum Gasteiger partial charge on any atom is -0.314 e. The number of hydrogen-bond donors (Lipinski definition) is 1. The van der Waals surface area contributed by atoms with Gasteiger partial charge in [-0.2, -0.15) is 0 Å². The third-order valence-electron chi connectivity index (χ3n) is 2.90. The molecule has 84 valence electrons. The maximum absolute atomic E-state index is 4.06. The highest BCUT2D eigenvalue weighted by atomic mass is 14.9. The van der Waals surface area contributed by atoms with E-state index < -0.39 is 0 Å². The normalized spacial score (nSPS) is 14.9. The molecule has 15 heavy (non-hydrogen) atoms. The van der Waals surface area contributed by atoms with Crippen LogP contribution in [0.5, 0.6) is 0 Å². The number of pyridine rings is 1. The number of nitrogens with zero attached hydrogens (tertiary/aromatic N) is 1. The first-order chi connectivity index (χ1) is 7.29. The Bertz CT molecular complexity index is 252. The summed E-state index contributed by atoms with van der Waals surface area (Å²) in [5, 5.41) is 3.56. The second-order valence-electron chi connectivity index (χ2n) is 4.02. The van der Waals surface area contributed by atoms with E-state index in [4.69, 9.17) is 0 Å². The highest BCUT2D eigenvalue weighted by Gasteiger charge is 2.16. The fourth-order valence-electron chi connectivity index (χ4n) is 2.00.